The summed E-state index contributed by atoms with van der Waals surface area (Å²) in [7, 11) is -2.68. The Morgan fingerprint density at radius 2 is 1.44 bits per heavy atom. The minimum atomic E-state index is -2.68. The van der Waals surface area contributed by atoms with Crippen molar-refractivity contribution >= 4 is 18.7 Å². The van der Waals surface area contributed by atoms with Gasteiger partial charge in [-0.25, -0.2) is 0 Å². The van der Waals surface area contributed by atoms with Gasteiger partial charge in [-0.1, -0.05) is 124 Å². The maximum absolute atomic E-state index is 7.22. The van der Waals surface area contributed by atoms with Gasteiger partial charge in [0.25, 0.3) is 8.32 Å². The van der Waals surface area contributed by atoms with Crippen LogP contribution in [0.3, 0.4) is 0 Å². The molecule has 0 saturated carbocycles. The molecule has 3 aromatic rings. The predicted molar refractivity (Wildman–Crippen MR) is 166 cm³/mol. The summed E-state index contributed by atoms with van der Waals surface area (Å²) in [6, 6.07) is 31.7. The molecule has 218 valence electrons. The lowest BCUT2D eigenvalue weighted by molar-refractivity contribution is -0.152. The lowest BCUT2D eigenvalue weighted by Crippen LogP contribution is -2.67. The van der Waals surface area contributed by atoms with Gasteiger partial charge in [0.05, 0.1) is 32.0 Å². The molecule has 0 N–H and O–H groups in total. The number of hydrogen-bond acceptors (Lipinski definition) is 5. The first-order valence-corrected chi connectivity index (χ1v) is 16.6. The van der Waals surface area contributed by atoms with Gasteiger partial charge in [0.1, 0.15) is 12.2 Å². The third-order valence-electron chi connectivity index (χ3n) is 7.94. The quantitative estimate of drug-likeness (QED) is 0.169. The van der Waals surface area contributed by atoms with E-state index in [1.807, 2.05) is 38.1 Å². The second-order valence-electron chi connectivity index (χ2n) is 12.5. The van der Waals surface area contributed by atoms with Crippen molar-refractivity contribution in [3.8, 4) is 0 Å². The Balaban J connectivity index is 1.34. The van der Waals surface area contributed by atoms with E-state index < -0.39 is 14.1 Å². The van der Waals surface area contributed by atoms with Crippen LogP contribution < -0.4 is 10.4 Å². The molecule has 4 atom stereocenters. The molecule has 0 aliphatic carbocycles. The van der Waals surface area contributed by atoms with Crippen LogP contribution in [0.25, 0.3) is 0 Å². The van der Waals surface area contributed by atoms with Crippen molar-refractivity contribution in [1.82, 2.24) is 0 Å². The molecule has 0 aromatic heterocycles. The Hall–Kier alpha value is -2.58. The fourth-order valence-corrected chi connectivity index (χ4v) is 10.8. The van der Waals surface area contributed by atoms with E-state index in [1.165, 1.54) is 10.4 Å². The lowest BCUT2D eigenvalue weighted by atomic mass is 9.98. The molecular weight excluding hydrogens is 528 g/mol. The van der Waals surface area contributed by atoms with Crippen molar-refractivity contribution < 1.29 is 23.4 Å². The van der Waals surface area contributed by atoms with E-state index in [9.17, 15) is 0 Å². The summed E-state index contributed by atoms with van der Waals surface area (Å²) >= 11 is 0. The second kappa shape index (κ2) is 12.7. The van der Waals surface area contributed by atoms with Gasteiger partial charge in [-0.05, 0) is 34.8 Å². The number of hydrogen-bond donors (Lipinski definition) is 0. The Morgan fingerprint density at radius 1 is 0.854 bits per heavy atom. The van der Waals surface area contributed by atoms with Gasteiger partial charge >= 0.3 is 0 Å². The highest BCUT2D eigenvalue weighted by Gasteiger charge is 2.53. The van der Waals surface area contributed by atoms with Crippen molar-refractivity contribution in [1.29, 1.82) is 0 Å². The van der Waals surface area contributed by atoms with E-state index in [1.54, 1.807) is 0 Å². The molecule has 0 radical (unpaired) electrons. The normalized spacial score (nSPS) is 24.4. The average Bonchev–Trinajstić information content (AvgIpc) is 3.28. The molecule has 2 aliphatic heterocycles. The number of benzene rings is 3. The average molecular weight is 573 g/mol. The van der Waals surface area contributed by atoms with E-state index in [-0.39, 0.29) is 29.5 Å². The minimum absolute atomic E-state index is 0.0635. The lowest BCUT2D eigenvalue weighted by Gasteiger charge is -2.44. The third-order valence-corrected chi connectivity index (χ3v) is 12.9. The molecule has 5 rings (SSSR count). The summed E-state index contributed by atoms with van der Waals surface area (Å²) in [4.78, 5) is 0. The minimum Gasteiger partial charge on any atom is -0.405 e. The Bertz CT molecular complexity index is 1220. The molecule has 0 bridgehead atoms. The van der Waals surface area contributed by atoms with Crippen LogP contribution in [0.1, 0.15) is 46.6 Å². The van der Waals surface area contributed by atoms with Crippen molar-refractivity contribution in [2.45, 2.75) is 82.9 Å². The van der Waals surface area contributed by atoms with Gasteiger partial charge in [-0.2, -0.15) is 0 Å². The molecule has 0 unspecified atom stereocenters. The molecular formula is C35H44O5Si. The van der Waals surface area contributed by atoms with E-state index in [2.05, 4.69) is 99.6 Å². The van der Waals surface area contributed by atoms with E-state index in [0.717, 1.165) is 12.0 Å². The summed E-state index contributed by atoms with van der Waals surface area (Å²) in [6.45, 7) is 12.4. The fraction of sp³-hybridized carbons (Fsp3) is 0.429. The molecule has 41 heavy (non-hydrogen) atoms. The van der Waals surface area contributed by atoms with E-state index >= 15 is 0 Å². The van der Waals surface area contributed by atoms with Gasteiger partial charge in [0.2, 0.25) is 0 Å². The van der Waals surface area contributed by atoms with Crippen LogP contribution in [0, 0.1) is 0 Å². The molecule has 2 fully saturated rings. The van der Waals surface area contributed by atoms with Crippen LogP contribution >= 0.6 is 0 Å². The first kappa shape index (κ1) is 29.9. The fourth-order valence-electron chi connectivity index (χ4n) is 6.19. The van der Waals surface area contributed by atoms with Gasteiger partial charge in [-0.15, -0.1) is 0 Å². The van der Waals surface area contributed by atoms with Crippen LogP contribution in [-0.2, 0) is 30.0 Å². The zero-order valence-corrected chi connectivity index (χ0v) is 26.0. The largest absolute Gasteiger partial charge is 0.405 e. The smallest absolute Gasteiger partial charge is 0.261 e. The van der Waals surface area contributed by atoms with Gasteiger partial charge < -0.3 is 23.4 Å². The molecule has 0 spiro atoms. The molecule has 2 aliphatic rings. The highest BCUT2D eigenvalue weighted by atomic mass is 28.4. The Kier molecular flexibility index (Phi) is 9.29. The highest BCUT2D eigenvalue weighted by Crippen LogP contribution is 2.40. The highest BCUT2D eigenvalue weighted by molar-refractivity contribution is 6.99. The maximum Gasteiger partial charge on any atom is 0.261 e. The Labute approximate surface area is 246 Å². The van der Waals surface area contributed by atoms with Gasteiger partial charge in [-0.3, -0.25) is 0 Å². The zero-order chi connectivity index (χ0) is 28.9. The number of rotatable bonds is 10. The monoisotopic (exact) mass is 572 g/mol. The van der Waals surface area contributed by atoms with E-state index in [4.69, 9.17) is 23.4 Å². The maximum atomic E-state index is 7.22. The molecule has 3 aromatic carbocycles. The van der Waals surface area contributed by atoms with Crippen molar-refractivity contribution in [2.75, 3.05) is 13.2 Å². The van der Waals surface area contributed by atoms with Crippen molar-refractivity contribution in [3.05, 3.63) is 109 Å². The zero-order valence-electron chi connectivity index (χ0n) is 25.0. The summed E-state index contributed by atoms with van der Waals surface area (Å²) in [6.07, 6.45) is 4.22. The van der Waals surface area contributed by atoms with Crippen LogP contribution in [0.4, 0.5) is 0 Å². The summed E-state index contributed by atoms with van der Waals surface area (Å²) < 4.78 is 32.4. The van der Waals surface area contributed by atoms with Crippen LogP contribution in [0.5, 0.6) is 0 Å². The molecule has 0 amide bonds. The number of ether oxygens (including phenoxy) is 4. The first-order chi connectivity index (χ1) is 19.7. The SMILES string of the molecule is CC1(C)O[C@H]2[C@H](C[C@@H](CO[Si](c3ccccc3)(c3ccccc3)C(C)(C)C)O[C@@H]2/C=C/COCc2ccccc2)O1. The molecule has 6 heteroatoms. The topological polar surface area (TPSA) is 46.2 Å². The van der Waals surface area contributed by atoms with Gasteiger partial charge in [0, 0.05) is 6.42 Å². The van der Waals surface area contributed by atoms with Crippen molar-refractivity contribution in [2.24, 2.45) is 0 Å². The standard InChI is InChI=1S/C35H44O5Si/c1-34(2,3)41(29-18-11-7-12-19-29,30-20-13-8-14-21-30)37-26-28-24-32-33(40-35(4,5)39-32)31(38-28)22-15-23-36-25-27-16-9-6-10-17-27/h6-22,28,31-33H,23-26H2,1-5H3/b22-15+/t28-,31+,32-,33+/m0/s1. The van der Waals surface area contributed by atoms with Crippen LogP contribution in [0.2, 0.25) is 5.04 Å². The predicted octanol–water partition coefficient (Wildman–Crippen LogP) is 6.01. The molecule has 2 heterocycles. The second-order valence-corrected chi connectivity index (χ2v) is 16.8. The molecule has 5 nitrogen and oxygen atoms in total. The van der Waals surface area contributed by atoms with Crippen LogP contribution in [-0.4, -0.2) is 51.7 Å². The molecule has 2 saturated heterocycles. The number of fused-ring (bicyclic) bond motifs is 1. The third kappa shape index (κ3) is 6.91. The summed E-state index contributed by atoms with van der Waals surface area (Å²) in [5, 5.41) is 2.43. The van der Waals surface area contributed by atoms with E-state index in [0.29, 0.717) is 19.8 Å². The van der Waals surface area contributed by atoms with Crippen LogP contribution in [0.15, 0.2) is 103 Å². The Morgan fingerprint density at radius 3 is 2.02 bits per heavy atom. The first-order valence-electron chi connectivity index (χ1n) is 14.7. The summed E-state index contributed by atoms with van der Waals surface area (Å²) in [5.74, 6) is -0.650. The van der Waals surface area contributed by atoms with Gasteiger partial charge in [0.15, 0.2) is 5.79 Å². The van der Waals surface area contributed by atoms with Crippen molar-refractivity contribution in [3.63, 3.8) is 0 Å². The summed E-state index contributed by atoms with van der Waals surface area (Å²) in [5.41, 5.74) is 1.16.